The van der Waals surface area contributed by atoms with Crippen LogP contribution in [0.1, 0.15) is 5.56 Å². The summed E-state index contributed by atoms with van der Waals surface area (Å²) in [5, 5.41) is 0. The highest BCUT2D eigenvalue weighted by Crippen LogP contribution is 2.30. The Labute approximate surface area is 120 Å². The fourth-order valence-electron chi connectivity index (χ4n) is 1.62. The maximum Gasteiger partial charge on any atom is 0.416 e. The highest BCUT2D eigenvalue weighted by molar-refractivity contribution is 5.41. The van der Waals surface area contributed by atoms with Gasteiger partial charge in [-0.1, -0.05) is 0 Å². The van der Waals surface area contributed by atoms with Crippen molar-refractivity contribution >= 4 is 5.69 Å². The Kier molecular flexibility index (Phi) is 4.57. The normalized spacial score (nSPS) is 11.2. The molecule has 0 aliphatic rings. The van der Waals surface area contributed by atoms with E-state index in [1.165, 1.54) is 12.1 Å². The van der Waals surface area contributed by atoms with Gasteiger partial charge in [0.05, 0.1) is 5.56 Å². The number of halogens is 3. The van der Waals surface area contributed by atoms with Gasteiger partial charge in [0.25, 0.3) is 0 Å². The van der Waals surface area contributed by atoms with Crippen LogP contribution in [-0.2, 0) is 6.18 Å². The molecule has 0 aliphatic carbocycles. The van der Waals surface area contributed by atoms with Gasteiger partial charge in [0.1, 0.15) is 24.7 Å². The number of alkyl halides is 3. The third-order valence-corrected chi connectivity index (χ3v) is 2.68. The zero-order valence-corrected chi connectivity index (χ0v) is 11.1. The second-order valence-electron chi connectivity index (χ2n) is 4.29. The van der Waals surface area contributed by atoms with Crippen molar-refractivity contribution in [3.05, 3.63) is 54.1 Å². The average Bonchev–Trinajstić information content (AvgIpc) is 2.45. The molecule has 0 aromatic heterocycles. The van der Waals surface area contributed by atoms with Crippen LogP contribution in [0.4, 0.5) is 18.9 Å². The van der Waals surface area contributed by atoms with Crippen molar-refractivity contribution in [2.75, 3.05) is 18.9 Å². The maximum atomic E-state index is 12.4. The summed E-state index contributed by atoms with van der Waals surface area (Å²) in [4.78, 5) is 0. The summed E-state index contributed by atoms with van der Waals surface area (Å²) >= 11 is 0. The molecule has 0 radical (unpaired) electrons. The predicted octanol–water partition coefficient (Wildman–Crippen LogP) is 3.75. The van der Waals surface area contributed by atoms with Gasteiger partial charge in [-0.15, -0.1) is 0 Å². The molecule has 0 spiro atoms. The Bertz CT molecular complexity index is 565. The molecule has 2 rings (SSSR count). The topological polar surface area (TPSA) is 44.5 Å². The predicted molar refractivity (Wildman–Crippen MR) is 73.3 cm³/mol. The molecule has 2 N–H and O–H groups in total. The van der Waals surface area contributed by atoms with Gasteiger partial charge >= 0.3 is 6.18 Å². The smallest absolute Gasteiger partial charge is 0.416 e. The van der Waals surface area contributed by atoms with Crippen LogP contribution in [0.15, 0.2) is 48.5 Å². The van der Waals surface area contributed by atoms with Crippen molar-refractivity contribution in [3.8, 4) is 11.5 Å². The minimum atomic E-state index is -4.34. The molecule has 2 aromatic carbocycles. The molecule has 112 valence electrons. The lowest BCUT2D eigenvalue weighted by molar-refractivity contribution is -0.137. The van der Waals surface area contributed by atoms with Crippen LogP contribution in [0, 0.1) is 0 Å². The van der Waals surface area contributed by atoms with E-state index in [9.17, 15) is 13.2 Å². The van der Waals surface area contributed by atoms with E-state index in [4.69, 9.17) is 15.2 Å². The van der Waals surface area contributed by atoms with Crippen LogP contribution < -0.4 is 15.2 Å². The number of ether oxygens (including phenoxy) is 2. The summed E-state index contributed by atoms with van der Waals surface area (Å²) in [6.07, 6.45) is -4.34. The lowest BCUT2D eigenvalue weighted by Gasteiger charge is -2.10. The van der Waals surface area contributed by atoms with E-state index in [0.29, 0.717) is 17.2 Å². The van der Waals surface area contributed by atoms with E-state index in [1.54, 1.807) is 24.3 Å². The third-order valence-electron chi connectivity index (χ3n) is 2.68. The zero-order chi connectivity index (χ0) is 15.3. The third kappa shape index (κ3) is 4.59. The first kappa shape index (κ1) is 15.0. The number of hydrogen-bond acceptors (Lipinski definition) is 3. The number of nitrogen functional groups attached to an aromatic ring is 1. The van der Waals surface area contributed by atoms with Crippen LogP contribution in [0.25, 0.3) is 0 Å². The summed E-state index contributed by atoms with van der Waals surface area (Å²) in [6, 6.07) is 11.4. The van der Waals surface area contributed by atoms with Gasteiger partial charge in [-0.05, 0) is 48.5 Å². The Hall–Kier alpha value is -2.37. The second-order valence-corrected chi connectivity index (χ2v) is 4.29. The summed E-state index contributed by atoms with van der Waals surface area (Å²) in [5.41, 5.74) is 5.48. The Morgan fingerprint density at radius 1 is 0.762 bits per heavy atom. The van der Waals surface area contributed by atoms with Crippen molar-refractivity contribution in [2.24, 2.45) is 0 Å². The summed E-state index contributed by atoms with van der Waals surface area (Å²) in [7, 11) is 0. The highest BCUT2D eigenvalue weighted by Gasteiger charge is 2.29. The molecule has 0 atom stereocenters. The van der Waals surface area contributed by atoms with Crippen LogP contribution >= 0.6 is 0 Å². The number of benzene rings is 2. The van der Waals surface area contributed by atoms with Crippen molar-refractivity contribution < 1.29 is 22.6 Å². The molecule has 6 heteroatoms. The molecule has 2 aromatic rings. The molecule has 21 heavy (non-hydrogen) atoms. The Morgan fingerprint density at radius 3 is 1.62 bits per heavy atom. The van der Waals surface area contributed by atoms with Gasteiger partial charge in [-0.25, -0.2) is 0 Å². The average molecular weight is 297 g/mol. The van der Waals surface area contributed by atoms with Crippen LogP contribution in [0.2, 0.25) is 0 Å². The summed E-state index contributed by atoms with van der Waals surface area (Å²) in [6.45, 7) is 0.515. The van der Waals surface area contributed by atoms with Gasteiger partial charge in [0.15, 0.2) is 0 Å². The van der Waals surface area contributed by atoms with Crippen molar-refractivity contribution in [2.45, 2.75) is 6.18 Å². The molecule has 0 fully saturated rings. The first-order valence-electron chi connectivity index (χ1n) is 6.23. The maximum absolute atomic E-state index is 12.4. The fraction of sp³-hybridized carbons (Fsp3) is 0.200. The number of hydrogen-bond donors (Lipinski definition) is 1. The molecule has 3 nitrogen and oxygen atoms in total. The van der Waals surface area contributed by atoms with Crippen LogP contribution in [-0.4, -0.2) is 13.2 Å². The van der Waals surface area contributed by atoms with Gasteiger partial charge < -0.3 is 15.2 Å². The van der Waals surface area contributed by atoms with Gasteiger partial charge in [0.2, 0.25) is 0 Å². The Morgan fingerprint density at radius 2 is 1.19 bits per heavy atom. The van der Waals surface area contributed by atoms with E-state index in [-0.39, 0.29) is 13.2 Å². The first-order valence-corrected chi connectivity index (χ1v) is 6.23. The van der Waals surface area contributed by atoms with E-state index in [2.05, 4.69) is 0 Å². The number of anilines is 1. The van der Waals surface area contributed by atoms with E-state index in [1.807, 2.05) is 0 Å². The fourth-order valence-corrected chi connectivity index (χ4v) is 1.62. The zero-order valence-electron chi connectivity index (χ0n) is 11.1. The largest absolute Gasteiger partial charge is 0.490 e. The number of nitrogens with two attached hydrogens (primary N) is 1. The van der Waals surface area contributed by atoms with Gasteiger partial charge in [0, 0.05) is 5.69 Å². The van der Waals surface area contributed by atoms with Gasteiger partial charge in [-0.2, -0.15) is 13.2 Å². The number of rotatable bonds is 5. The molecule has 0 aliphatic heterocycles. The van der Waals surface area contributed by atoms with Crippen molar-refractivity contribution in [1.82, 2.24) is 0 Å². The molecule has 0 saturated heterocycles. The minimum absolute atomic E-state index is 0.232. The quantitative estimate of drug-likeness (QED) is 0.675. The lowest BCUT2D eigenvalue weighted by Crippen LogP contribution is -2.09. The van der Waals surface area contributed by atoms with Crippen molar-refractivity contribution in [3.63, 3.8) is 0 Å². The molecule has 0 heterocycles. The molecular formula is C15H14F3NO2. The van der Waals surface area contributed by atoms with E-state index >= 15 is 0 Å². The second kappa shape index (κ2) is 6.39. The van der Waals surface area contributed by atoms with E-state index < -0.39 is 11.7 Å². The lowest BCUT2D eigenvalue weighted by atomic mass is 10.2. The van der Waals surface area contributed by atoms with Crippen LogP contribution in [0.5, 0.6) is 11.5 Å². The highest BCUT2D eigenvalue weighted by atomic mass is 19.4. The molecule has 0 amide bonds. The minimum Gasteiger partial charge on any atom is -0.490 e. The molecule has 0 unspecified atom stereocenters. The molecule has 0 bridgehead atoms. The monoisotopic (exact) mass is 297 g/mol. The summed E-state index contributed by atoms with van der Waals surface area (Å²) < 4.78 is 47.8. The first-order chi connectivity index (χ1) is 9.95. The van der Waals surface area contributed by atoms with Crippen LogP contribution in [0.3, 0.4) is 0 Å². The van der Waals surface area contributed by atoms with Crippen molar-refractivity contribution in [1.29, 1.82) is 0 Å². The standard InChI is InChI=1S/C15H14F3NO2/c16-15(17,18)11-1-5-13(6-2-11)20-9-10-21-14-7-3-12(19)4-8-14/h1-8H,9-10,19H2. The SMILES string of the molecule is Nc1ccc(OCCOc2ccc(C(F)(F)F)cc2)cc1. The van der Waals surface area contributed by atoms with Gasteiger partial charge in [-0.3, -0.25) is 0 Å². The molecular weight excluding hydrogens is 283 g/mol. The summed E-state index contributed by atoms with van der Waals surface area (Å²) in [5.74, 6) is 1.02. The Balaban J connectivity index is 1.77. The molecule has 0 saturated carbocycles. The van der Waals surface area contributed by atoms with E-state index in [0.717, 1.165) is 12.1 Å².